The monoisotopic (exact) mass is 307 g/mol. The SMILES string of the molecule is O=C(O)c1ccccc1[C@H]1CCN(C2Cc3ccccc3C2)C1. The van der Waals surface area contributed by atoms with Crippen LogP contribution >= 0.6 is 0 Å². The zero-order valence-electron chi connectivity index (χ0n) is 13.1. The van der Waals surface area contributed by atoms with Crippen molar-refractivity contribution in [2.24, 2.45) is 0 Å². The Morgan fingerprint density at radius 3 is 2.35 bits per heavy atom. The first-order valence-electron chi connectivity index (χ1n) is 8.35. The van der Waals surface area contributed by atoms with Crippen LogP contribution in [0.25, 0.3) is 0 Å². The van der Waals surface area contributed by atoms with Crippen molar-refractivity contribution in [1.82, 2.24) is 4.90 Å². The third-order valence-corrected chi connectivity index (χ3v) is 5.40. The van der Waals surface area contributed by atoms with Gasteiger partial charge in [0.15, 0.2) is 0 Å². The number of carboxylic acids is 1. The minimum Gasteiger partial charge on any atom is -0.478 e. The zero-order chi connectivity index (χ0) is 15.8. The number of likely N-dealkylation sites (tertiary alicyclic amines) is 1. The summed E-state index contributed by atoms with van der Waals surface area (Å²) in [5, 5.41) is 9.41. The quantitative estimate of drug-likeness (QED) is 0.945. The molecule has 1 aliphatic heterocycles. The average molecular weight is 307 g/mol. The van der Waals surface area contributed by atoms with Crippen LogP contribution in [0.4, 0.5) is 0 Å². The molecule has 23 heavy (non-hydrogen) atoms. The van der Waals surface area contributed by atoms with Crippen molar-refractivity contribution in [2.75, 3.05) is 13.1 Å². The molecule has 118 valence electrons. The van der Waals surface area contributed by atoms with Crippen LogP contribution in [-0.4, -0.2) is 35.1 Å². The highest BCUT2D eigenvalue weighted by molar-refractivity contribution is 5.89. The van der Waals surface area contributed by atoms with E-state index in [-0.39, 0.29) is 0 Å². The van der Waals surface area contributed by atoms with E-state index in [9.17, 15) is 9.90 Å². The van der Waals surface area contributed by atoms with Crippen LogP contribution in [0.3, 0.4) is 0 Å². The van der Waals surface area contributed by atoms with Crippen molar-refractivity contribution >= 4 is 5.97 Å². The number of benzene rings is 2. The van der Waals surface area contributed by atoms with Crippen molar-refractivity contribution in [1.29, 1.82) is 0 Å². The molecule has 0 unspecified atom stereocenters. The van der Waals surface area contributed by atoms with E-state index >= 15 is 0 Å². The molecular weight excluding hydrogens is 286 g/mol. The van der Waals surface area contributed by atoms with Gasteiger partial charge in [-0.05, 0) is 54.5 Å². The Labute approximate surface area is 136 Å². The van der Waals surface area contributed by atoms with E-state index in [1.165, 1.54) is 11.1 Å². The molecule has 3 heteroatoms. The molecule has 1 heterocycles. The first kappa shape index (κ1) is 14.5. The number of hydrogen-bond acceptors (Lipinski definition) is 2. The maximum atomic E-state index is 11.5. The Kier molecular flexibility index (Phi) is 3.66. The molecule has 0 radical (unpaired) electrons. The van der Waals surface area contributed by atoms with Gasteiger partial charge in [-0.3, -0.25) is 4.90 Å². The Morgan fingerprint density at radius 1 is 1.00 bits per heavy atom. The molecular formula is C20H21NO2. The third-order valence-electron chi connectivity index (χ3n) is 5.40. The molecule has 1 N–H and O–H groups in total. The number of fused-ring (bicyclic) bond motifs is 1. The van der Waals surface area contributed by atoms with Crippen LogP contribution in [0.1, 0.15) is 39.4 Å². The fourth-order valence-corrected chi connectivity index (χ4v) is 4.21. The van der Waals surface area contributed by atoms with Crippen molar-refractivity contribution in [3.8, 4) is 0 Å². The Bertz CT molecular complexity index is 715. The second kappa shape index (κ2) is 5.82. The molecule has 2 aromatic rings. The summed E-state index contributed by atoms with van der Waals surface area (Å²) < 4.78 is 0. The molecule has 1 atom stereocenters. The van der Waals surface area contributed by atoms with Crippen molar-refractivity contribution in [3.63, 3.8) is 0 Å². The smallest absolute Gasteiger partial charge is 0.335 e. The Morgan fingerprint density at radius 2 is 1.65 bits per heavy atom. The summed E-state index contributed by atoms with van der Waals surface area (Å²) in [5.41, 5.74) is 4.42. The normalized spacial score (nSPS) is 21.5. The fraction of sp³-hybridized carbons (Fsp3) is 0.350. The summed E-state index contributed by atoms with van der Waals surface area (Å²) >= 11 is 0. The molecule has 2 aromatic carbocycles. The highest BCUT2D eigenvalue weighted by atomic mass is 16.4. The number of rotatable bonds is 3. The number of aromatic carboxylic acids is 1. The maximum Gasteiger partial charge on any atom is 0.335 e. The van der Waals surface area contributed by atoms with E-state index in [2.05, 4.69) is 29.2 Å². The summed E-state index contributed by atoms with van der Waals surface area (Å²) in [4.78, 5) is 14.0. The largest absolute Gasteiger partial charge is 0.478 e. The molecule has 1 fully saturated rings. The zero-order valence-corrected chi connectivity index (χ0v) is 13.1. The third kappa shape index (κ3) is 2.66. The van der Waals surface area contributed by atoms with Gasteiger partial charge in [-0.15, -0.1) is 0 Å². The van der Waals surface area contributed by atoms with E-state index in [1.54, 1.807) is 6.07 Å². The maximum absolute atomic E-state index is 11.5. The van der Waals surface area contributed by atoms with Gasteiger partial charge in [-0.2, -0.15) is 0 Å². The van der Waals surface area contributed by atoms with Crippen LogP contribution in [0.15, 0.2) is 48.5 Å². The summed E-state index contributed by atoms with van der Waals surface area (Å²) in [6.07, 6.45) is 3.31. The van der Waals surface area contributed by atoms with Gasteiger partial charge in [0.05, 0.1) is 5.56 Å². The van der Waals surface area contributed by atoms with E-state index in [1.807, 2.05) is 18.2 Å². The minimum absolute atomic E-state index is 0.339. The topological polar surface area (TPSA) is 40.5 Å². The number of hydrogen-bond donors (Lipinski definition) is 1. The molecule has 3 nitrogen and oxygen atoms in total. The van der Waals surface area contributed by atoms with Gasteiger partial charge in [0.2, 0.25) is 0 Å². The molecule has 1 saturated heterocycles. The van der Waals surface area contributed by atoms with Gasteiger partial charge >= 0.3 is 5.97 Å². The van der Waals surface area contributed by atoms with E-state index in [0.29, 0.717) is 17.5 Å². The van der Waals surface area contributed by atoms with Crippen LogP contribution in [-0.2, 0) is 12.8 Å². The van der Waals surface area contributed by atoms with Crippen molar-refractivity contribution in [2.45, 2.75) is 31.2 Å². The Hall–Kier alpha value is -2.13. The Balaban J connectivity index is 1.50. The van der Waals surface area contributed by atoms with Gasteiger partial charge < -0.3 is 5.11 Å². The van der Waals surface area contributed by atoms with Gasteiger partial charge in [0.25, 0.3) is 0 Å². The van der Waals surface area contributed by atoms with Gasteiger partial charge in [0, 0.05) is 12.6 Å². The van der Waals surface area contributed by atoms with Gasteiger partial charge in [-0.1, -0.05) is 42.5 Å². The van der Waals surface area contributed by atoms with Crippen LogP contribution in [0.2, 0.25) is 0 Å². The van der Waals surface area contributed by atoms with E-state index in [0.717, 1.165) is 37.9 Å². The second-order valence-electron chi connectivity index (χ2n) is 6.70. The lowest BCUT2D eigenvalue weighted by Crippen LogP contribution is -2.33. The molecule has 0 bridgehead atoms. The average Bonchev–Trinajstić information content (AvgIpc) is 3.21. The summed E-state index contributed by atoms with van der Waals surface area (Å²) in [7, 11) is 0. The molecule has 1 aliphatic carbocycles. The molecule has 0 spiro atoms. The van der Waals surface area contributed by atoms with Crippen molar-refractivity contribution < 1.29 is 9.90 Å². The van der Waals surface area contributed by atoms with Crippen LogP contribution in [0.5, 0.6) is 0 Å². The predicted octanol–water partition coefficient (Wildman–Crippen LogP) is 3.34. The lowest BCUT2D eigenvalue weighted by Gasteiger charge is -2.24. The molecule has 4 rings (SSSR count). The van der Waals surface area contributed by atoms with E-state index in [4.69, 9.17) is 0 Å². The predicted molar refractivity (Wildman–Crippen MR) is 90.0 cm³/mol. The lowest BCUT2D eigenvalue weighted by atomic mass is 9.93. The summed E-state index contributed by atoms with van der Waals surface area (Å²) in [5.74, 6) is -0.474. The molecule has 0 saturated carbocycles. The summed E-state index contributed by atoms with van der Waals surface area (Å²) in [6, 6.07) is 16.8. The van der Waals surface area contributed by atoms with E-state index < -0.39 is 5.97 Å². The first-order valence-corrected chi connectivity index (χ1v) is 8.35. The fourth-order valence-electron chi connectivity index (χ4n) is 4.21. The number of carbonyl (C=O) groups is 1. The lowest BCUT2D eigenvalue weighted by molar-refractivity contribution is 0.0695. The number of nitrogens with zero attached hydrogens (tertiary/aromatic N) is 1. The highest BCUT2D eigenvalue weighted by Crippen LogP contribution is 2.34. The summed E-state index contributed by atoms with van der Waals surface area (Å²) in [6.45, 7) is 2.04. The minimum atomic E-state index is -0.813. The van der Waals surface area contributed by atoms with Crippen molar-refractivity contribution in [3.05, 3.63) is 70.8 Å². The molecule has 0 amide bonds. The van der Waals surface area contributed by atoms with Gasteiger partial charge in [0.1, 0.15) is 0 Å². The highest BCUT2D eigenvalue weighted by Gasteiger charge is 2.33. The first-order chi connectivity index (χ1) is 11.2. The number of carboxylic acid groups (broad SMARTS) is 1. The molecule has 0 aromatic heterocycles. The van der Waals surface area contributed by atoms with Crippen LogP contribution < -0.4 is 0 Å². The second-order valence-corrected chi connectivity index (χ2v) is 6.70. The van der Waals surface area contributed by atoms with Crippen LogP contribution in [0, 0.1) is 0 Å². The van der Waals surface area contributed by atoms with Gasteiger partial charge in [-0.25, -0.2) is 4.79 Å². The standard InChI is InChI=1S/C20H21NO2/c22-20(23)19-8-4-3-7-18(19)16-9-10-21(13-16)17-11-14-5-1-2-6-15(14)12-17/h1-8,16-17H,9-13H2,(H,22,23)/t16-/m0/s1. The molecule has 2 aliphatic rings.